The molecule has 3 nitrogen and oxygen atoms in total. The number of benzene rings is 2. The monoisotopic (exact) mass is 322 g/mol. The summed E-state index contributed by atoms with van der Waals surface area (Å²) in [5.74, 6) is 1.33. The van der Waals surface area contributed by atoms with Gasteiger partial charge in [-0.3, -0.25) is 14.4 Å². The van der Waals surface area contributed by atoms with Crippen molar-refractivity contribution in [1.82, 2.24) is 9.80 Å². The van der Waals surface area contributed by atoms with Crippen molar-refractivity contribution in [2.24, 2.45) is 0 Å². The fraction of sp³-hybridized carbons (Fsp3) is 0.381. The van der Waals surface area contributed by atoms with Crippen LogP contribution in [-0.2, 0) is 13.1 Å². The molecule has 2 aromatic carbocycles. The average molecular weight is 322 g/mol. The average Bonchev–Trinajstić information content (AvgIpc) is 3.10. The lowest BCUT2D eigenvalue weighted by molar-refractivity contribution is -0.476. The fourth-order valence-electron chi connectivity index (χ4n) is 3.49. The molecule has 0 spiro atoms. The molecule has 0 amide bonds. The number of guanidine groups is 1. The van der Waals surface area contributed by atoms with Crippen LogP contribution >= 0.6 is 0 Å². The maximum atomic E-state index is 2.53. The van der Waals surface area contributed by atoms with E-state index in [0.717, 1.165) is 26.2 Å². The van der Waals surface area contributed by atoms with Crippen molar-refractivity contribution in [2.45, 2.75) is 25.9 Å². The Morgan fingerprint density at radius 3 is 1.71 bits per heavy atom. The number of hydrogen-bond donors (Lipinski definition) is 0. The Morgan fingerprint density at radius 1 is 0.833 bits per heavy atom. The summed E-state index contributed by atoms with van der Waals surface area (Å²) in [4.78, 5) is 5.04. The van der Waals surface area contributed by atoms with Gasteiger partial charge in [0.2, 0.25) is 0 Å². The highest BCUT2D eigenvalue weighted by Gasteiger charge is 2.30. The lowest BCUT2D eigenvalue weighted by Crippen LogP contribution is -2.46. The summed E-state index contributed by atoms with van der Waals surface area (Å²) in [5.41, 5.74) is 2.71. The van der Waals surface area contributed by atoms with Crippen molar-refractivity contribution in [1.29, 1.82) is 0 Å². The second-order valence-electron chi connectivity index (χ2n) is 6.72. The Balaban J connectivity index is 1.89. The van der Waals surface area contributed by atoms with Crippen molar-refractivity contribution in [3.8, 4) is 0 Å². The smallest absolute Gasteiger partial charge is 0.270 e. The molecular weight excluding hydrogens is 294 g/mol. The molecule has 0 radical (unpaired) electrons. The van der Waals surface area contributed by atoms with Crippen molar-refractivity contribution in [3.63, 3.8) is 0 Å². The first kappa shape index (κ1) is 16.6. The maximum absolute atomic E-state index is 2.53. The third kappa shape index (κ3) is 4.16. The van der Waals surface area contributed by atoms with E-state index in [-0.39, 0.29) is 0 Å². The second-order valence-corrected chi connectivity index (χ2v) is 6.72. The molecule has 1 saturated heterocycles. The minimum atomic E-state index is 0.930. The van der Waals surface area contributed by atoms with Gasteiger partial charge < -0.3 is 0 Å². The minimum Gasteiger partial charge on any atom is -0.270 e. The molecule has 1 aliphatic rings. The quantitative estimate of drug-likeness (QED) is 0.485. The predicted octanol–water partition coefficient (Wildman–Crippen LogP) is 3.41. The second kappa shape index (κ2) is 8.00. The molecule has 0 unspecified atom stereocenters. The molecule has 1 heterocycles. The molecule has 0 bridgehead atoms. The van der Waals surface area contributed by atoms with Crippen molar-refractivity contribution in [3.05, 3.63) is 71.8 Å². The number of nitrogens with zero attached hydrogens (tertiary/aromatic N) is 3. The summed E-state index contributed by atoms with van der Waals surface area (Å²) in [5, 5.41) is 0. The molecule has 126 valence electrons. The molecule has 2 aromatic rings. The molecule has 1 fully saturated rings. The van der Waals surface area contributed by atoms with E-state index in [1.165, 1.54) is 29.9 Å². The van der Waals surface area contributed by atoms with Crippen molar-refractivity contribution in [2.75, 3.05) is 27.2 Å². The van der Waals surface area contributed by atoms with Gasteiger partial charge in [0.25, 0.3) is 0 Å². The third-order valence-electron chi connectivity index (χ3n) is 4.50. The van der Waals surface area contributed by atoms with E-state index in [4.69, 9.17) is 0 Å². The SMILES string of the molecule is C[N+](C)=C(N1CCCC1)N(Cc1ccccc1)Cc1ccccc1. The van der Waals surface area contributed by atoms with E-state index in [0.29, 0.717) is 0 Å². The lowest BCUT2D eigenvalue weighted by Gasteiger charge is -2.27. The first-order valence-corrected chi connectivity index (χ1v) is 8.86. The first-order chi connectivity index (χ1) is 11.7. The van der Waals surface area contributed by atoms with Crippen LogP contribution in [0.5, 0.6) is 0 Å². The molecule has 1 aliphatic heterocycles. The topological polar surface area (TPSA) is 9.49 Å². The largest absolute Gasteiger partial charge is 0.350 e. The minimum absolute atomic E-state index is 0.930. The molecule has 0 atom stereocenters. The van der Waals surface area contributed by atoms with Crippen LogP contribution in [0.4, 0.5) is 0 Å². The van der Waals surface area contributed by atoms with Gasteiger partial charge >= 0.3 is 5.96 Å². The Kier molecular flexibility index (Phi) is 5.52. The predicted molar refractivity (Wildman–Crippen MR) is 100 cm³/mol. The standard InChI is InChI=1S/C21H28N3/c1-22(2)21(23-15-9-10-16-23)24(17-19-11-5-3-6-12-19)18-20-13-7-4-8-14-20/h3-8,11-14H,9-10,15-18H2,1-2H3/q+1. The van der Waals surface area contributed by atoms with E-state index < -0.39 is 0 Å². The van der Waals surface area contributed by atoms with E-state index in [9.17, 15) is 0 Å². The Hall–Kier alpha value is -2.29. The van der Waals surface area contributed by atoms with Crippen LogP contribution in [0.15, 0.2) is 60.7 Å². The maximum Gasteiger partial charge on any atom is 0.350 e. The number of rotatable bonds is 4. The molecule has 0 aliphatic carbocycles. The van der Waals surface area contributed by atoms with Gasteiger partial charge in [0.1, 0.15) is 0 Å². The zero-order chi connectivity index (χ0) is 16.8. The molecule has 3 heteroatoms. The molecule has 24 heavy (non-hydrogen) atoms. The van der Waals surface area contributed by atoms with Gasteiger partial charge in [0.15, 0.2) is 0 Å². The summed E-state index contributed by atoms with van der Waals surface area (Å²) in [6.07, 6.45) is 2.59. The van der Waals surface area contributed by atoms with Gasteiger partial charge in [-0.1, -0.05) is 60.7 Å². The molecule has 0 aromatic heterocycles. The number of likely N-dealkylation sites (tertiary alicyclic amines) is 1. The normalized spacial score (nSPS) is 13.8. The number of hydrogen-bond acceptors (Lipinski definition) is 0. The molecule has 0 N–H and O–H groups in total. The summed E-state index contributed by atoms with van der Waals surface area (Å²) in [7, 11) is 4.33. The summed E-state index contributed by atoms with van der Waals surface area (Å²) >= 11 is 0. The summed E-state index contributed by atoms with van der Waals surface area (Å²) in [6.45, 7) is 4.18. The van der Waals surface area contributed by atoms with Crippen LogP contribution in [0.2, 0.25) is 0 Å². The Labute approximate surface area is 145 Å². The van der Waals surface area contributed by atoms with Crippen LogP contribution < -0.4 is 0 Å². The van der Waals surface area contributed by atoms with E-state index in [1.807, 2.05) is 0 Å². The highest BCUT2D eigenvalue weighted by molar-refractivity contribution is 5.75. The molecule has 3 rings (SSSR count). The van der Waals surface area contributed by atoms with Gasteiger partial charge in [-0.25, -0.2) is 0 Å². The van der Waals surface area contributed by atoms with Gasteiger partial charge in [0, 0.05) is 0 Å². The third-order valence-corrected chi connectivity index (χ3v) is 4.50. The Bertz CT molecular complexity index is 612. The van der Waals surface area contributed by atoms with E-state index >= 15 is 0 Å². The lowest BCUT2D eigenvalue weighted by atomic mass is 10.1. The summed E-state index contributed by atoms with van der Waals surface area (Å²) < 4.78 is 2.28. The van der Waals surface area contributed by atoms with Gasteiger partial charge in [-0.15, -0.1) is 0 Å². The first-order valence-electron chi connectivity index (χ1n) is 8.86. The Morgan fingerprint density at radius 2 is 1.29 bits per heavy atom. The van der Waals surface area contributed by atoms with Gasteiger partial charge in [-0.2, -0.15) is 0 Å². The van der Waals surface area contributed by atoms with Crippen molar-refractivity contribution >= 4 is 5.96 Å². The van der Waals surface area contributed by atoms with Crippen LogP contribution in [0.3, 0.4) is 0 Å². The van der Waals surface area contributed by atoms with Crippen LogP contribution in [0.25, 0.3) is 0 Å². The highest BCUT2D eigenvalue weighted by Crippen LogP contribution is 2.16. The highest BCUT2D eigenvalue weighted by atomic mass is 15.4. The van der Waals surface area contributed by atoms with Gasteiger partial charge in [-0.05, 0) is 24.0 Å². The van der Waals surface area contributed by atoms with Crippen LogP contribution in [-0.4, -0.2) is 47.5 Å². The zero-order valence-electron chi connectivity index (χ0n) is 14.9. The summed E-state index contributed by atoms with van der Waals surface area (Å²) in [6, 6.07) is 21.5. The van der Waals surface area contributed by atoms with E-state index in [2.05, 4.69) is 89.1 Å². The van der Waals surface area contributed by atoms with E-state index in [1.54, 1.807) is 0 Å². The fourth-order valence-corrected chi connectivity index (χ4v) is 3.49. The zero-order valence-corrected chi connectivity index (χ0v) is 14.9. The van der Waals surface area contributed by atoms with Crippen LogP contribution in [0, 0.1) is 0 Å². The van der Waals surface area contributed by atoms with Crippen LogP contribution in [0.1, 0.15) is 24.0 Å². The molecule has 0 saturated carbocycles. The molecular formula is C21H28N3+. The van der Waals surface area contributed by atoms with Gasteiger partial charge in [0.05, 0.1) is 40.3 Å². The van der Waals surface area contributed by atoms with Crippen molar-refractivity contribution < 1.29 is 4.58 Å².